The summed E-state index contributed by atoms with van der Waals surface area (Å²) >= 11 is 0. The molecule has 2 aliphatic rings. The molecule has 0 spiro atoms. The lowest BCUT2D eigenvalue weighted by Gasteiger charge is -2.41. The molecule has 186 valence electrons. The molecule has 4 rings (SSSR count). The highest BCUT2D eigenvalue weighted by atomic mass is 16.5. The molecule has 1 aromatic heterocycles. The number of hydrogen-bond donors (Lipinski definition) is 4. The van der Waals surface area contributed by atoms with E-state index in [-0.39, 0.29) is 18.4 Å². The fraction of sp³-hybridized carbons (Fsp3) is 0.440. The van der Waals surface area contributed by atoms with E-state index in [9.17, 15) is 19.6 Å². The van der Waals surface area contributed by atoms with Crippen LogP contribution in [0.2, 0.25) is 0 Å². The Morgan fingerprint density at radius 2 is 1.74 bits per heavy atom. The smallest absolute Gasteiger partial charge is 0.404 e. The van der Waals surface area contributed by atoms with Crippen molar-refractivity contribution >= 4 is 23.6 Å². The Labute approximate surface area is 203 Å². The molecular weight excluding hydrogens is 450 g/mol. The van der Waals surface area contributed by atoms with E-state index in [0.29, 0.717) is 38.0 Å². The monoisotopic (exact) mass is 481 g/mol. The van der Waals surface area contributed by atoms with Crippen molar-refractivity contribution in [1.29, 1.82) is 0 Å². The molecule has 1 aliphatic heterocycles. The minimum Gasteiger partial charge on any atom is -0.465 e. The molecule has 0 bridgehead atoms. The maximum Gasteiger partial charge on any atom is 0.404 e. The van der Waals surface area contributed by atoms with Crippen LogP contribution in [0.5, 0.6) is 0 Å². The molecular formula is C25H31N5O5. The molecule has 1 saturated carbocycles. The second-order valence-electron chi connectivity index (χ2n) is 9.09. The van der Waals surface area contributed by atoms with Crippen LogP contribution < -0.4 is 15.7 Å². The number of rotatable bonds is 6. The third-order valence-electron chi connectivity index (χ3n) is 7.06. The lowest BCUT2D eigenvalue weighted by molar-refractivity contribution is -0.147. The molecule has 4 N–H and O–H groups in total. The van der Waals surface area contributed by atoms with Gasteiger partial charge in [-0.1, -0.05) is 18.2 Å². The number of pyridine rings is 1. The number of nitrogens with one attached hydrogen (secondary N) is 2. The molecule has 10 nitrogen and oxygen atoms in total. The number of carbonyl (C=O) groups is 3. The van der Waals surface area contributed by atoms with Crippen molar-refractivity contribution in [2.24, 2.45) is 11.8 Å². The van der Waals surface area contributed by atoms with E-state index in [1.54, 1.807) is 11.7 Å². The predicted octanol–water partition coefficient (Wildman–Crippen LogP) is 2.20. The summed E-state index contributed by atoms with van der Waals surface area (Å²) in [5.41, 5.74) is 4.42. The van der Waals surface area contributed by atoms with Gasteiger partial charge in [-0.25, -0.2) is 10.3 Å². The summed E-state index contributed by atoms with van der Waals surface area (Å²) in [6.07, 6.45) is 2.17. The first-order chi connectivity index (χ1) is 17.0. The maximum atomic E-state index is 13.4. The summed E-state index contributed by atoms with van der Waals surface area (Å²) in [7, 11) is 0. The van der Waals surface area contributed by atoms with Crippen molar-refractivity contribution in [3.8, 4) is 0 Å². The highest BCUT2D eigenvalue weighted by Gasteiger charge is 2.41. The number of nitrogens with zero attached hydrogens (tertiary/aromatic N) is 3. The zero-order valence-corrected chi connectivity index (χ0v) is 19.5. The van der Waals surface area contributed by atoms with Gasteiger partial charge in [0.2, 0.25) is 11.8 Å². The van der Waals surface area contributed by atoms with E-state index in [0.717, 1.165) is 24.3 Å². The van der Waals surface area contributed by atoms with Crippen molar-refractivity contribution in [1.82, 2.24) is 20.7 Å². The summed E-state index contributed by atoms with van der Waals surface area (Å²) in [6, 6.07) is 13.8. The fourth-order valence-electron chi connectivity index (χ4n) is 5.21. The Morgan fingerprint density at radius 3 is 2.43 bits per heavy atom. The molecule has 3 atom stereocenters. The van der Waals surface area contributed by atoms with Crippen LogP contribution in [-0.2, 0) is 16.1 Å². The lowest BCUT2D eigenvalue weighted by atomic mass is 9.71. The molecule has 1 aliphatic carbocycles. The average Bonchev–Trinajstić information content (AvgIpc) is 2.91. The molecule has 0 radical (unpaired) electrons. The van der Waals surface area contributed by atoms with Gasteiger partial charge >= 0.3 is 6.09 Å². The standard InChI is InChI=1S/C25H31N5O5/c31-23(28-35)22-15-17(18-8-9-26-19(14-18)16-27-25(33)34)6-7-21(22)24(32)30-12-10-29(11-13-30)20-4-2-1-3-5-20/h1-5,8-9,14,17,21-22,27,35H,6-7,10-13,15-16H2,(H,28,31)(H,33,34)/t17-,21+,22+/m1/s1. The quantitative estimate of drug-likeness (QED) is 0.367. The molecule has 10 heteroatoms. The van der Waals surface area contributed by atoms with Crippen molar-refractivity contribution < 1.29 is 24.7 Å². The van der Waals surface area contributed by atoms with Crippen LogP contribution in [0, 0.1) is 11.8 Å². The van der Waals surface area contributed by atoms with Gasteiger partial charge in [0.25, 0.3) is 0 Å². The Bertz CT molecular complexity index is 1040. The van der Waals surface area contributed by atoms with Gasteiger partial charge in [-0.2, -0.15) is 0 Å². The van der Waals surface area contributed by atoms with Crippen LogP contribution in [-0.4, -0.2) is 64.3 Å². The van der Waals surface area contributed by atoms with Gasteiger partial charge in [0.1, 0.15) is 0 Å². The van der Waals surface area contributed by atoms with Crippen LogP contribution in [0.25, 0.3) is 0 Å². The Balaban J connectivity index is 1.41. The second kappa shape index (κ2) is 11.2. The molecule has 0 unspecified atom stereocenters. The van der Waals surface area contributed by atoms with Gasteiger partial charge in [-0.3, -0.25) is 19.8 Å². The molecule has 2 aromatic rings. The number of carboxylic acid groups (broad SMARTS) is 1. The minimum absolute atomic E-state index is 0.00264. The summed E-state index contributed by atoms with van der Waals surface area (Å²) < 4.78 is 0. The van der Waals surface area contributed by atoms with Crippen molar-refractivity contribution in [2.45, 2.75) is 31.7 Å². The Kier molecular flexibility index (Phi) is 7.81. The second-order valence-corrected chi connectivity index (χ2v) is 9.09. The van der Waals surface area contributed by atoms with Crippen LogP contribution >= 0.6 is 0 Å². The van der Waals surface area contributed by atoms with E-state index in [2.05, 4.69) is 27.3 Å². The van der Waals surface area contributed by atoms with Crippen LogP contribution in [0.3, 0.4) is 0 Å². The number of aromatic nitrogens is 1. The van der Waals surface area contributed by atoms with Crippen LogP contribution in [0.15, 0.2) is 48.7 Å². The summed E-state index contributed by atoms with van der Waals surface area (Å²) in [6.45, 7) is 2.72. The van der Waals surface area contributed by atoms with E-state index < -0.39 is 23.8 Å². The topological polar surface area (TPSA) is 135 Å². The first kappa shape index (κ1) is 24.5. The SMILES string of the molecule is O=C(O)NCc1cc([C@@H]2CC[C@H](C(=O)N3CCN(c4ccccc4)CC3)[C@@H](C(=O)NO)C2)ccn1. The van der Waals surface area contributed by atoms with Crippen LogP contribution in [0.4, 0.5) is 10.5 Å². The van der Waals surface area contributed by atoms with E-state index in [1.807, 2.05) is 35.2 Å². The van der Waals surface area contributed by atoms with Gasteiger partial charge in [0.15, 0.2) is 0 Å². The third-order valence-corrected chi connectivity index (χ3v) is 7.06. The van der Waals surface area contributed by atoms with Gasteiger partial charge in [-0.05, 0) is 55.0 Å². The van der Waals surface area contributed by atoms with Gasteiger partial charge in [-0.15, -0.1) is 0 Å². The largest absolute Gasteiger partial charge is 0.465 e. The van der Waals surface area contributed by atoms with Crippen molar-refractivity contribution in [3.05, 3.63) is 59.9 Å². The maximum absolute atomic E-state index is 13.4. The van der Waals surface area contributed by atoms with Gasteiger partial charge in [0.05, 0.1) is 18.2 Å². The predicted molar refractivity (Wildman–Crippen MR) is 128 cm³/mol. The first-order valence-corrected chi connectivity index (χ1v) is 11.9. The van der Waals surface area contributed by atoms with E-state index in [4.69, 9.17) is 5.11 Å². The van der Waals surface area contributed by atoms with Crippen LogP contribution in [0.1, 0.15) is 36.4 Å². The highest BCUT2D eigenvalue weighted by Crippen LogP contribution is 2.41. The van der Waals surface area contributed by atoms with Gasteiger partial charge in [0, 0.05) is 44.0 Å². The normalized spacial score (nSPS) is 22.4. The number of hydroxylamine groups is 1. The molecule has 1 aromatic carbocycles. The minimum atomic E-state index is -1.12. The van der Waals surface area contributed by atoms with E-state index in [1.165, 1.54) is 0 Å². The number of hydrogen-bond acceptors (Lipinski definition) is 6. The molecule has 35 heavy (non-hydrogen) atoms. The fourth-order valence-corrected chi connectivity index (χ4v) is 5.21. The zero-order chi connectivity index (χ0) is 24.8. The Hall–Kier alpha value is -3.66. The van der Waals surface area contributed by atoms with Gasteiger partial charge < -0.3 is 20.2 Å². The summed E-state index contributed by atoms with van der Waals surface area (Å²) in [4.78, 5) is 45.1. The summed E-state index contributed by atoms with van der Waals surface area (Å²) in [5, 5.41) is 20.5. The van der Waals surface area contributed by atoms with Crippen molar-refractivity contribution in [3.63, 3.8) is 0 Å². The molecule has 3 amide bonds. The zero-order valence-electron chi connectivity index (χ0n) is 19.5. The number of para-hydroxylation sites is 1. The average molecular weight is 482 g/mol. The highest BCUT2D eigenvalue weighted by molar-refractivity contribution is 5.87. The molecule has 2 fully saturated rings. The van der Waals surface area contributed by atoms with Crippen molar-refractivity contribution in [2.75, 3.05) is 31.1 Å². The Morgan fingerprint density at radius 1 is 1.00 bits per heavy atom. The third kappa shape index (κ3) is 5.89. The lowest BCUT2D eigenvalue weighted by Crippen LogP contribution is -2.53. The number of carbonyl (C=O) groups excluding carboxylic acids is 2. The molecule has 1 saturated heterocycles. The summed E-state index contributed by atoms with van der Waals surface area (Å²) in [5.74, 6) is -1.71. The molecule has 2 heterocycles. The van der Waals surface area contributed by atoms with E-state index >= 15 is 0 Å². The number of anilines is 1. The number of piperazine rings is 1. The number of benzene rings is 1. The first-order valence-electron chi connectivity index (χ1n) is 11.9. The number of amides is 3.